The van der Waals surface area contributed by atoms with Gasteiger partial charge in [0, 0.05) is 18.4 Å². The molecule has 0 aromatic carbocycles. The molecule has 2 N–H and O–H groups in total. The lowest BCUT2D eigenvalue weighted by Gasteiger charge is -1.99. The maximum Gasteiger partial charge on any atom is 0.170 e. The lowest BCUT2D eigenvalue weighted by molar-refractivity contribution is 0.379. The van der Waals surface area contributed by atoms with Gasteiger partial charge in [0.15, 0.2) is 5.82 Å². The van der Waals surface area contributed by atoms with Crippen LogP contribution < -0.4 is 5.73 Å². The molecule has 0 fully saturated rings. The van der Waals surface area contributed by atoms with Gasteiger partial charge >= 0.3 is 0 Å². The zero-order valence-corrected chi connectivity index (χ0v) is 9.40. The van der Waals surface area contributed by atoms with Gasteiger partial charge in [-0.2, -0.15) is 0 Å². The van der Waals surface area contributed by atoms with Gasteiger partial charge in [-0.15, -0.1) is 0 Å². The number of nitrogen functional groups attached to an aromatic ring is 1. The molecule has 86 valence electrons. The number of nitrogens with zero attached hydrogens (tertiary/aromatic N) is 1. The molecule has 2 heterocycles. The molecule has 0 amide bonds. The number of hydrogen-bond acceptors (Lipinski definition) is 4. The Morgan fingerprint density at radius 3 is 2.88 bits per heavy atom. The molecule has 4 heteroatoms. The first-order valence-corrected chi connectivity index (χ1v) is 5.56. The maximum absolute atomic E-state index is 5.75. The topological polar surface area (TPSA) is 65.2 Å². The third-order valence-electron chi connectivity index (χ3n) is 2.58. The van der Waals surface area contributed by atoms with Crippen molar-refractivity contribution in [3.05, 3.63) is 35.5 Å². The molecule has 16 heavy (non-hydrogen) atoms. The van der Waals surface area contributed by atoms with E-state index in [4.69, 9.17) is 14.7 Å². The Labute approximate surface area is 94.4 Å². The van der Waals surface area contributed by atoms with Crippen molar-refractivity contribution in [3.63, 3.8) is 0 Å². The second-order valence-corrected chi connectivity index (χ2v) is 3.80. The zero-order chi connectivity index (χ0) is 11.4. The summed E-state index contributed by atoms with van der Waals surface area (Å²) in [5.41, 5.74) is 6.80. The lowest BCUT2D eigenvalue weighted by Crippen LogP contribution is -1.96. The van der Waals surface area contributed by atoms with E-state index in [2.05, 4.69) is 12.1 Å². The van der Waals surface area contributed by atoms with E-state index in [-0.39, 0.29) is 0 Å². The molecule has 0 aliphatic heterocycles. The summed E-state index contributed by atoms with van der Waals surface area (Å²) in [6, 6.07) is 3.84. The SMILES string of the molecule is CCCc1c(N)noc1CCc1ccco1. The van der Waals surface area contributed by atoms with E-state index < -0.39 is 0 Å². The number of aromatic nitrogens is 1. The van der Waals surface area contributed by atoms with Gasteiger partial charge in [0.25, 0.3) is 0 Å². The molecular weight excluding hydrogens is 204 g/mol. The van der Waals surface area contributed by atoms with Crippen LogP contribution in [0.3, 0.4) is 0 Å². The molecular formula is C12H16N2O2. The van der Waals surface area contributed by atoms with E-state index in [1.54, 1.807) is 6.26 Å². The highest BCUT2D eigenvalue weighted by molar-refractivity contribution is 5.40. The molecule has 0 atom stereocenters. The smallest absolute Gasteiger partial charge is 0.170 e. The molecule has 2 rings (SSSR count). The molecule has 0 spiro atoms. The predicted molar refractivity (Wildman–Crippen MR) is 61.0 cm³/mol. The first kappa shape index (κ1) is 10.8. The van der Waals surface area contributed by atoms with Crippen molar-refractivity contribution in [2.45, 2.75) is 32.6 Å². The average molecular weight is 220 g/mol. The summed E-state index contributed by atoms with van der Waals surface area (Å²) >= 11 is 0. The monoisotopic (exact) mass is 220 g/mol. The number of anilines is 1. The van der Waals surface area contributed by atoms with Crippen LogP contribution in [0.2, 0.25) is 0 Å². The van der Waals surface area contributed by atoms with Crippen molar-refractivity contribution >= 4 is 5.82 Å². The number of aryl methyl sites for hydroxylation is 2. The summed E-state index contributed by atoms with van der Waals surface area (Å²) in [5.74, 6) is 2.37. The highest BCUT2D eigenvalue weighted by atomic mass is 16.5. The Balaban J connectivity index is 2.03. The highest BCUT2D eigenvalue weighted by Gasteiger charge is 2.13. The molecule has 0 aliphatic carbocycles. The van der Waals surface area contributed by atoms with Gasteiger partial charge in [-0.1, -0.05) is 18.5 Å². The predicted octanol–water partition coefficient (Wildman–Crippen LogP) is 2.59. The maximum atomic E-state index is 5.75. The first-order valence-electron chi connectivity index (χ1n) is 5.56. The minimum Gasteiger partial charge on any atom is -0.469 e. The van der Waals surface area contributed by atoms with Crippen molar-refractivity contribution in [1.29, 1.82) is 0 Å². The van der Waals surface area contributed by atoms with Crippen LogP contribution in [0, 0.1) is 0 Å². The Hall–Kier alpha value is -1.71. The summed E-state index contributed by atoms with van der Waals surface area (Å²) in [6.45, 7) is 2.11. The van der Waals surface area contributed by atoms with Gasteiger partial charge in [-0.05, 0) is 18.6 Å². The fraction of sp³-hybridized carbons (Fsp3) is 0.417. The van der Waals surface area contributed by atoms with Crippen LogP contribution in [-0.2, 0) is 19.3 Å². The van der Waals surface area contributed by atoms with Crippen molar-refractivity contribution in [3.8, 4) is 0 Å². The van der Waals surface area contributed by atoms with E-state index in [1.807, 2.05) is 12.1 Å². The summed E-state index contributed by atoms with van der Waals surface area (Å²) in [6.07, 6.45) is 5.24. The van der Waals surface area contributed by atoms with E-state index in [0.29, 0.717) is 5.82 Å². The van der Waals surface area contributed by atoms with E-state index in [1.165, 1.54) is 0 Å². The standard InChI is InChI=1S/C12H16N2O2/c1-2-4-10-11(16-14-12(10)13)7-6-9-5-3-8-15-9/h3,5,8H,2,4,6-7H2,1H3,(H2,13,14). The van der Waals surface area contributed by atoms with E-state index in [0.717, 1.165) is 42.8 Å². The second-order valence-electron chi connectivity index (χ2n) is 3.80. The molecule has 0 radical (unpaired) electrons. The van der Waals surface area contributed by atoms with Crippen LogP contribution in [0.25, 0.3) is 0 Å². The number of furan rings is 1. The van der Waals surface area contributed by atoms with E-state index >= 15 is 0 Å². The number of rotatable bonds is 5. The summed E-state index contributed by atoms with van der Waals surface area (Å²) < 4.78 is 10.5. The van der Waals surface area contributed by atoms with Crippen molar-refractivity contribution in [2.75, 3.05) is 5.73 Å². The Bertz CT molecular complexity index is 432. The minimum atomic E-state index is 0.524. The van der Waals surface area contributed by atoms with Gasteiger partial charge in [-0.3, -0.25) is 0 Å². The largest absolute Gasteiger partial charge is 0.469 e. The lowest BCUT2D eigenvalue weighted by atomic mass is 10.1. The number of hydrogen-bond donors (Lipinski definition) is 1. The third-order valence-corrected chi connectivity index (χ3v) is 2.58. The van der Waals surface area contributed by atoms with Crippen LogP contribution in [0.4, 0.5) is 5.82 Å². The van der Waals surface area contributed by atoms with Crippen LogP contribution in [0.15, 0.2) is 27.3 Å². The highest BCUT2D eigenvalue weighted by Crippen LogP contribution is 2.20. The minimum absolute atomic E-state index is 0.524. The summed E-state index contributed by atoms with van der Waals surface area (Å²) in [5, 5.41) is 3.81. The molecule has 0 unspecified atom stereocenters. The molecule has 0 saturated carbocycles. The first-order chi connectivity index (χ1) is 7.81. The van der Waals surface area contributed by atoms with Crippen LogP contribution in [0.5, 0.6) is 0 Å². The summed E-state index contributed by atoms with van der Waals surface area (Å²) in [4.78, 5) is 0. The molecule has 0 aliphatic rings. The van der Waals surface area contributed by atoms with Crippen molar-refractivity contribution < 1.29 is 8.94 Å². The quantitative estimate of drug-likeness (QED) is 0.841. The average Bonchev–Trinajstić information content (AvgIpc) is 2.89. The molecule has 0 bridgehead atoms. The van der Waals surface area contributed by atoms with E-state index in [9.17, 15) is 0 Å². The van der Waals surface area contributed by atoms with Crippen LogP contribution in [-0.4, -0.2) is 5.16 Å². The fourth-order valence-corrected chi connectivity index (χ4v) is 1.76. The van der Waals surface area contributed by atoms with Gasteiger partial charge in [0.1, 0.15) is 11.5 Å². The van der Waals surface area contributed by atoms with Gasteiger partial charge in [0.05, 0.1) is 6.26 Å². The Morgan fingerprint density at radius 1 is 1.31 bits per heavy atom. The Kier molecular flexibility index (Phi) is 3.29. The van der Waals surface area contributed by atoms with Crippen molar-refractivity contribution in [1.82, 2.24) is 5.16 Å². The molecule has 2 aromatic rings. The fourth-order valence-electron chi connectivity index (χ4n) is 1.76. The van der Waals surface area contributed by atoms with Gasteiger partial charge in [-0.25, -0.2) is 0 Å². The third kappa shape index (κ3) is 2.27. The Morgan fingerprint density at radius 2 is 2.19 bits per heavy atom. The molecule has 4 nitrogen and oxygen atoms in total. The van der Waals surface area contributed by atoms with Gasteiger partial charge < -0.3 is 14.7 Å². The van der Waals surface area contributed by atoms with Crippen LogP contribution >= 0.6 is 0 Å². The zero-order valence-electron chi connectivity index (χ0n) is 9.40. The molecule has 2 aromatic heterocycles. The number of nitrogens with two attached hydrogens (primary N) is 1. The normalized spacial score (nSPS) is 10.8. The second kappa shape index (κ2) is 4.88. The summed E-state index contributed by atoms with van der Waals surface area (Å²) in [7, 11) is 0. The van der Waals surface area contributed by atoms with Crippen LogP contribution in [0.1, 0.15) is 30.4 Å². The van der Waals surface area contributed by atoms with Gasteiger partial charge in [0.2, 0.25) is 0 Å². The van der Waals surface area contributed by atoms with Crippen molar-refractivity contribution in [2.24, 2.45) is 0 Å². The molecule has 0 saturated heterocycles.